The molecule has 1 saturated heterocycles. The number of nitrogen functional groups attached to an aromatic ring is 1. The Hall–Kier alpha value is -1.56. The Kier molecular flexibility index (Phi) is 3.80. The predicted molar refractivity (Wildman–Crippen MR) is 76.2 cm³/mol. The summed E-state index contributed by atoms with van der Waals surface area (Å²) in [6, 6.07) is 5.36. The zero-order valence-electron chi connectivity index (χ0n) is 10.8. The van der Waals surface area contributed by atoms with E-state index in [2.05, 4.69) is 5.32 Å². The van der Waals surface area contributed by atoms with E-state index < -0.39 is 9.84 Å². The lowest BCUT2D eigenvalue weighted by Gasteiger charge is -2.24. The molecule has 0 radical (unpaired) electrons. The van der Waals surface area contributed by atoms with Crippen molar-refractivity contribution in [2.75, 3.05) is 22.6 Å². The minimum absolute atomic E-state index is 0.0765. The van der Waals surface area contributed by atoms with Gasteiger partial charge in [0.1, 0.15) is 9.84 Å². The molecule has 0 saturated carbocycles. The van der Waals surface area contributed by atoms with Gasteiger partial charge in [-0.2, -0.15) is 0 Å². The smallest absolute Gasteiger partial charge is 0.161 e. The SMILES string of the molecule is CC(=O)c1cc(NC2CCS(=O)(=O)CC2)ccc1N. The van der Waals surface area contributed by atoms with E-state index in [9.17, 15) is 13.2 Å². The average molecular weight is 282 g/mol. The molecule has 1 aliphatic heterocycles. The zero-order valence-corrected chi connectivity index (χ0v) is 11.7. The highest BCUT2D eigenvalue weighted by molar-refractivity contribution is 7.91. The molecule has 0 aliphatic carbocycles. The Morgan fingerprint density at radius 2 is 1.95 bits per heavy atom. The first-order valence-corrected chi connectivity index (χ1v) is 8.07. The van der Waals surface area contributed by atoms with E-state index in [0.717, 1.165) is 5.69 Å². The second kappa shape index (κ2) is 5.21. The van der Waals surface area contributed by atoms with E-state index in [1.54, 1.807) is 12.1 Å². The first-order chi connectivity index (χ1) is 8.87. The van der Waals surface area contributed by atoms with Crippen molar-refractivity contribution in [3.8, 4) is 0 Å². The molecule has 5 nitrogen and oxygen atoms in total. The van der Waals surface area contributed by atoms with Gasteiger partial charge in [0.2, 0.25) is 0 Å². The van der Waals surface area contributed by atoms with Gasteiger partial charge in [-0.3, -0.25) is 4.79 Å². The van der Waals surface area contributed by atoms with E-state index in [1.807, 2.05) is 6.07 Å². The van der Waals surface area contributed by atoms with Crippen molar-refractivity contribution in [2.24, 2.45) is 0 Å². The molecule has 6 heteroatoms. The Morgan fingerprint density at radius 3 is 2.53 bits per heavy atom. The largest absolute Gasteiger partial charge is 0.398 e. The van der Waals surface area contributed by atoms with Gasteiger partial charge in [-0.15, -0.1) is 0 Å². The summed E-state index contributed by atoms with van der Waals surface area (Å²) in [6.07, 6.45) is 1.20. The van der Waals surface area contributed by atoms with Crippen molar-refractivity contribution < 1.29 is 13.2 Å². The molecular formula is C13H18N2O3S. The maximum absolute atomic E-state index is 11.4. The maximum Gasteiger partial charge on any atom is 0.161 e. The molecule has 1 heterocycles. The molecule has 0 amide bonds. The fraction of sp³-hybridized carbons (Fsp3) is 0.462. The lowest BCUT2D eigenvalue weighted by molar-refractivity contribution is 0.101. The molecule has 0 spiro atoms. The molecule has 104 valence electrons. The standard InChI is InChI=1S/C13H18N2O3S/c1-9(16)12-8-11(2-3-13(12)14)15-10-4-6-19(17,18)7-5-10/h2-3,8,10,15H,4-7,14H2,1H3. The number of benzene rings is 1. The van der Waals surface area contributed by atoms with Gasteiger partial charge < -0.3 is 11.1 Å². The number of sulfone groups is 1. The fourth-order valence-electron chi connectivity index (χ4n) is 2.22. The van der Waals surface area contributed by atoms with E-state index >= 15 is 0 Å². The van der Waals surface area contributed by atoms with Crippen LogP contribution in [0.1, 0.15) is 30.1 Å². The first-order valence-electron chi connectivity index (χ1n) is 6.25. The highest BCUT2D eigenvalue weighted by Gasteiger charge is 2.23. The lowest BCUT2D eigenvalue weighted by atomic mass is 10.1. The van der Waals surface area contributed by atoms with Crippen LogP contribution in [0, 0.1) is 0 Å². The van der Waals surface area contributed by atoms with Gasteiger partial charge in [0.25, 0.3) is 0 Å². The van der Waals surface area contributed by atoms with E-state index in [1.165, 1.54) is 6.92 Å². The molecular weight excluding hydrogens is 264 g/mol. The van der Waals surface area contributed by atoms with Gasteiger partial charge in [0.15, 0.2) is 5.78 Å². The predicted octanol–water partition coefficient (Wildman–Crippen LogP) is 1.46. The third-order valence-corrected chi connectivity index (χ3v) is 5.07. The Morgan fingerprint density at radius 1 is 1.32 bits per heavy atom. The van der Waals surface area contributed by atoms with Crippen LogP contribution in [-0.2, 0) is 9.84 Å². The number of nitrogens with one attached hydrogen (secondary N) is 1. The lowest BCUT2D eigenvalue weighted by Crippen LogP contribution is -2.32. The van der Waals surface area contributed by atoms with E-state index in [0.29, 0.717) is 24.1 Å². The molecule has 0 bridgehead atoms. The van der Waals surface area contributed by atoms with Crippen molar-refractivity contribution in [1.29, 1.82) is 0 Å². The third kappa shape index (κ3) is 3.47. The number of nitrogens with two attached hydrogens (primary N) is 1. The molecule has 19 heavy (non-hydrogen) atoms. The van der Waals surface area contributed by atoms with Crippen LogP contribution >= 0.6 is 0 Å². The van der Waals surface area contributed by atoms with Crippen LogP contribution in [-0.4, -0.2) is 31.7 Å². The van der Waals surface area contributed by atoms with Gasteiger partial charge in [-0.05, 0) is 38.0 Å². The summed E-state index contributed by atoms with van der Waals surface area (Å²) in [5.41, 5.74) is 7.50. The summed E-state index contributed by atoms with van der Waals surface area (Å²) in [5.74, 6) is 0.366. The Bertz CT molecular complexity index is 582. The molecule has 0 unspecified atom stereocenters. The zero-order chi connectivity index (χ0) is 14.0. The number of carbonyl (C=O) groups is 1. The van der Waals surface area contributed by atoms with Gasteiger partial charge >= 0.3 is 0 Å². The molecule has 1 aliphatic rings. The van der Waals surface area contributed by atoms with Gasteiger partial charge in [0.05, 0.1) is 11.5 Å². The summed E-state index contributed by atoms with van der Waals surface area (Å²) >= 11 is 0. The summed E-state index contributed by atoms with van der Waals surface area (Å²) < 4.78 is 22.7. The second-order valence-corrected chi connectivity index (χ2v) is 7.23. The van der Waals surface area contributed by atoms with E-state index in [-0.39, 0.29) is 23.3 Å². The quantitative estimate of drug-likeness (QED) is 0.647. The molecule has 0 atom stereocenters. The highest BCUT2D eigenvalue weighted by atomic mass is 32.2. The number of hydrogen-bond acceptors (Lipinski definition) is 5. The number of rotatable bonds is 3. The highest BCUT2D eigenvalue weighted by Crippen LogP contribution is 2.22. The number of anilines is 2. The molecule has 0 aromatic heterocycles. The Labute approximate surface area is 113 Å². The van der Waals surface area contributed by atoms with Crippen molar-refractivity contribution in [3.63, 3.8) is 0 Å². The van der Waals surface area contributed by atoms with Crippen LogP contribution in [0.4, 0.5) is 11.4 Å². The van der Waals surface area contributed by atoms with Crippen LogP contribution < -0.4 is 11.1 Å². The molecule has 1 aromatic rings. The van der Waals surface area contributed by atoms with Crippen molar-refractivity contribution in [2.45, 2.75) is 25.8 Å². The summed E-state index contributed by atoms with van der Waals surface area (Å²) in [5, 5.41) is 3.27. The van der Waals surface area contributed by atoms with Crippen LogP contribution in [0.3, 0.4) is 0 Å². The minimum Gasteiger partial charge on any atom is -0.398 e. The molecule has 1 fully saturated rings. The summed E-state index contributed by atoms with van der Waals surface area (Å²) in [7, 11) is -2.85. The topological polar surface area (TPSA) is 89.3 Å². The third-order valence-electron chi connectivity index (χ3n) is 3.36. The van der Waals surface area contributed by atoms with Crippen LogP contribution in [0.25, 0.3) is 0 Å². The summed E-state index contributed by atoms with van der Waals surface area (Å²) in [6.45, 7) is 1.47. The normalized spacial score (nSPS) is 19.0. The first kappa shape index (κ1) is 13.9. The van der Waals surface area contributed by atoms with Gasteiger partial charge in [0, 0.05) is 23.0 Å². The van der Waals surface area contributed by atoms with Gasteiger partial charge in [-0.1, -0.05) is 0 Å². The monoisotopic (exact) mass is 282 g/mol. The van der Waals surface area contributed by atoms with Crippen LogP contribution in [0.15, 0.2) is 18.2 Å². The fourth-order valence-corrected chi connectivity index (χ4v) is 3.71. The minimum atomic E-state index is -2.85. The number of Topliss-reactive ketones (excluding diaryl/α,β-unsaturated/α-hetero) is 1. The van der Waals surface area contributed by atoms with Gasteiger partial charge in [-0.25, -0.2) is 8.42 Å². The van der Waals surface area contributed by atoms with E-state index in [4.69, 9.17) is 5.73 Å². The number of ketones is 1. The second-order valence-electron chi connectivity index (χ2n) is 4.93. The Balaban J connectivity index is 2.08. The molecule has 1 aromatic carbocycles. The van der Waals surface area contributed by atoms with Crippen LogP contribution in [0.5, 0.6) is 0 Å². The average Bonchev–Trinajstić information content (AvgIpc) is 2.34. The molecule has 3 N–H and O–H groups in total. The maximum atomic E-state index is 11.4. The van der Waals surface area contributed by atoms with Crippen molar-refractivity contribution in [3.05, 3.63) is 23.8 Å². The number of hydrogen-bond donors (Lipinski definition) is 2. The summed E-state index contributed by atoms with van der Waals surface area (Å²) in [4.78, 5) is 11.4. The van der Waals surface area contributed by atoms with Crippen molar-refractivity contribution >= 4 is 27.0 Å². The molecule has 2 rings (SSSR count). The van der Waals surface area contributed by atoms with Crippen molar-refractivity contribution in [1.82, 2.24) is 0 Å². The number of carbonyl (C=O) groups excluding carboxylic acids is 1. The van der Waals surface area contributed by atoms with Crippen LogP contribution in [0.2, 0.25) is 0 Å².